The number of thiocarbonyl (C=S) groups is 1. The molecule has 4 nitrogen and oxygen atoms in total. The topological polar surface area (TPSA) is 33.1 Å². The number of hydrogen-bond acceptors (Lipinski definition) is 2. The van der Waals surface area contributed by atoms with Gasteiger partial charge in [-0.05, 0) is 79.5 Å². The Labute approximate surface area is 191 Å². The standard InChI is InChI=1S/C24H25BrN4S/c1-16-14-19(9-10-20(16)25)29-23(17-11-13-28(15-17)18-6-2-3-7-18)22(27-24(29)30)21-8-4-5-12-26-21/h4-5,8-15,18,22-23H,2-3,6-7H2,1H3,(H,27,30)/t22-,23-/m0/s1. The Morgan fingerprint density at radius 2 is 1.97 bits per heavy atom. The van der Waals surface area contributed by atoms with E-state index in [-0.39, 0.29) is 12.1 Å². The molecule has 2 fully saturated rings. The van der Waals surface area contributed by atoms with Gasteiger partial charge < -0.3 is 14.8 Å². The molecule has 0 radical (unpaired) electrons. The van der Waals surface area contributed by atoms with Gasteiger partial charge in [-0.1, -0.05) is 34.8 Å². The van der Waals surface area contributed by atoms with Crippen LogP contribution in [0.4, 0.5) is 5.69 Å². The summed E-state index contributed by atoms with van der Waals surface area (Å²) in [5.74, 6) is 0. The zero-order chi connectivity index (χ0) is 20.7. The molecule has 1 aromatic carbocycles. The van der Waals surface area contributed by atoms with Gasteiger partial charge in [0.15, 0.2) is 5.11 Å². The van der Waals surface area contributed by atoms with E-state index in [1.807, 2.05) is 18.3 Å². The molecule has 3 aromatic rings. The molecular formula is C24H25BrN4S. The number of nitrogens with one attached hydrogen (secondary N) is 1. The molecule has 5 rings (SSSR count). The number of aryl methyl sites for hydroxylation is 1. The molecule has 1 aliphatic heterocycles. The molecule has 2 aliphatic rings. The smallest absolute Gasteiger partial charge is 0.174 e. The van der Waals surface area contributed by atoms with Gasteiger partial charge in [-0.3, -0.25) is 4.98 Å². The summed E-state index contributed by atoms with van der Waals surface area (Å²) in [7, 11) is 0. The van der Waals surface area contributed by atoms with Gasteiger partial charge in [0.2, 0.25) is 0 Å². The van der Waals surface area contributed by atoms with Crippen molar-refractivity contribution in [2.24, 2.45) is 0 Å². The molecule has 1 aliphatic carbocycles. The van der Waals surface area contributed by atoms with E-state index in [9.17, 15) is 0 Å². The largest absolute Gasteiger partial charge is 0.351 e. The van der Waals surface area contributed by atoms with Crippen LogP contribution in [0.25, 0.3) is 0 Å². The molecule has 0 bridgehead atoms. The molecule has 154 valence electrons. The van der Waals surface area contributed by atoms with Crippen molar-refractivity contribution in [2.45, 2.75) is 50.7 Å². The minimum atomic E-state index is 0.00193. The molecule has 30 heavy (non-hydrogen) atoms. The highest BCUT2D eigenvalue weighted by Gasteiger charge is 2.41. The van der Waals surface area contributed by atoms with E-state index in [2.05, 4.69) is 85.3 Å². The average Bonchev–Trinajstić information content (AvgIpc) is 3.50. The van der Waals surface area contributed by atoms with Crippen LogP contribution in [0, 0.1) is 6.92 Å². The van der Waals surface area contributed by atoms with Crippen LogP contribution in [0.15, 0.2) is 65.5 Å². The van der Waals surface area contributed by atoms with Gasteiger partial charge in [0.1, 0.15) is 0 Å². The lowest BCUT2D eigenvalue weighted by Crippen LogP contribution is -2.29. The van der Waals surface area contributed by atoms with Crippen LogP contribution in [0.1, 0.15) is 60.6 Å². The van der Waals surface area contributed by atoms with Crippen molar-refractivity contribution in [3.8, 4) is 0 Å². The van der Waals surface area contributed by atoms with Gasteiger partial charge in [-0.15, -0.1) is 0 Å². The first-order valence-electron chi connectivity index (χ1n) is 10.6. The van der Waals surface area contributed by atoms with Gasteiger partial charge in [0.05, 0.1) is 17.8 Å². The number of aromatic nitrogens is 2. The zero-order valence-electron chi connectivity index (χ0n) is 17.0. The van der Waals surface area contributed by atoms with E-state index in [1.54, 1.807) is 0 Å². The van der Waals surface area contributed by atoms with Crippen molar-refractivity contribution in [2.75, 3.05) is 4.90 Å². The molecular weight excluding hydrogens is 456 g/mol. The van der Waals surface area contributed by atoms with Gasteiger partial charge in [0.25, 0.3) is 0 Å². The van der Waals surface area contributed by atoms with Gasteiger partial charge in [0, 0.05) is 34.8 Å². The Morgan fingerprint density at radius 1 is 1.13 bits per heavy atom. The van der Waals surface area contributed by atoms with Gasteiger partial charge in [-0.2, -0.15) is 0 Å². The summed E-state index contributed by atoms with van der Waals surface area (Å²) in [6.45, 7) is 2.11. The lowest BCUT2D eigenvalue weighted by molar-refractivity contribution is 0.515. The molecule has 0 amide bonds. The summed E-state index contributed by atoms with van der Waals surface area (Å²) in [6.07, 6.45) is 11.6. The zero-order valence-corrected chi connectivity index (χ0v) is 19.4. The van der Waals surface area contributed by atoms with E-state index < -0.39 is 0 Å². The Hall–Kier alpha value is -2.18. The third-order valence-corrected chi connectivity index (χ3v) is 7.55. The third kappa shape index (κ3) is 3.56. The van der Waals surface area contributed by atoms with E-state index in [0.717, 1.165) is 21.0 Å². The summed E-state index contributed by atoms with van der Waals surface area (Å²) in [5.41, 5.74) is 4.57. The maximum atomic E-state index is 5.84. The van der Waals surface area contributed by atoms with Crippen molar-refractivity contribution in [1.29, 1.82) is 0 Å². The second kappa shape index (κ2) is 8.16. The fourth-order valence-electron chi connectivity index (χ4n) is 4.79. The Morgan fingerprint density at radius 3 is 2.70 bits per heavy atom. The number of hydrogen-bond donors (Lipinski definition) is 1. The normalized spacial score (nSPS) is 21.9. The lowest BCUT2D eigenvalue weighted by atomic mass is 9.98. The highest BCUT2D eigenvalue weighted by atomic mass is 79.9. The quantitative estimate of drug-likeness (QED) is 0.447. The van der Waals surface area contributed by atoms with Crippen LogP contribution in [-0.4, -0.2) is 14.7 Å². The fraction of sp³-hybridized carbons (Fsp3) is 0.333. The van der Waals surface area contributed by atoms with Crippen LogP contribution < -0.4 is 10.2 Å². The van der Waals surface area contributed by atoms with E-state index in [1.165, 1.54) is 36.8 Å². The van der Waals surface area contributed by atoms with E-state index in [4.69, 9.17) is 12.2 Å². The molecule has 6 heteroatoms. The van der Waals surface area contributed by atoms with Gasteiger partial charge >= 0.3 is 0 Å². The molecule has 2 aromatic heterocycles. The summed E-state index contributed by atoms with van der Waals surface area (Å²) >= 11 is 9.46. The number of halogens is 1. The molecule has 2 atom stereocenters. The minimum Gasteiger partial charge on any atom is -0.351 e. The minimum absolute atomic E-state index is 0.00193. The summed E-state index contributed by atoms with van der Waals surface area (Å²) in [6, 6.07) is 15.4. The van der Waals surface area contributed by atoms with Crippen LogP contribution in [0.2, 0.25) is 0 Å². The van der Waals surface area contributed by atoms with E-state index >= 15 is 0 Å². The van der Waals surface area contributed by atoms with Crippen LogP contribution >= 0.6 is 28.1 Å². The van der Waals surface area contributed by atoms with Crippen LogP contribution in [0.3, 0.4) is 0 Å². The SMILES string of the molecule is Cc1cc(N2C(=S)N[C@@H](c3ccccn3)[C@@H]2c2ccn(C3CCCC3)c2)ccc1Br. The lowest BCUT2D eigenvalue weighted by Gasteiger charge is -2.27. The van der Waals surface area contributed by atoms with Gasteiger partial charge in [-0.25, -0.2) is 0 Å². The first-order chi connectivity index (χ1) is 14.6. The summed E-state index contributed by atoms with van der Waals surface area (Å²) in [4.78, 5) is 6.90. The Kier molecular flexibility index (Phi) is 5.37. The van der Waals surface area contributed by atoms with E-state index in [0.29, 0.717) is 6.04 Å². The Balaban J connectivity index is 1.58. The Bertz CT molecular complexity index is 1060. The summed E-state index contributed by atoms with van der Waals surface area (Å²) in [5, 5.41) is 4.30. The van der Waals surface area contributed by atoms with Crippen molar-refractivity contribution < 1.29 is 0 Å². The highest BCUT2D eigenvalue weighted by molar-refractivity contribution is 9.10. The maximum Gasteiger partial charge on any atom is 0.174 e. The maximum absolute atomic E-state index is 5.84. The second-order valence-corrected chi connectivity index (χ2v) is 9.50. The molecule has 3 heterocycles. The predicted molar refractivity (Wildman–Crippen MR) is 129 cm³/mol. The predicted octanol–water partition coefficient (Wildman–Crippen LogP) is 6.25. The van der Waals surface area contributed by atoms with Crippen LogP contribution in [-0.2, 0) is 0 Å². The second-order valence-electron chi connectivity index (χ2n) is 8.26. The highest BCUT2D eigenvalue weighted by Crippen LogP contribution is 2.43. The van der Waals surface area contributed by atoms with Crippen molar-refractivity contribution >= 4 is 38.9 Å². The number of pyridine rings is 1. The molecule has 0 spiro atoms. The monoisotopic (exact) mass is 480 g/mol. The molecule has 1 saturated carbocycles. The first-order valence-corrected chi connectivity index (χ1v) is 11.8. The van der Waals surface area contributed by atoms with Crippen LogP contribution in [0.5, 0.6) is 0 Å². The third-order valence-electron chi connectivity index (χ3n) is 6.34. The van der Waals surface area contributed by atoms with Crippen molar-refractivity contribution in [3.63, 3.8) is 0 Å². The molecule has 1 saturated heterocycles. The number of rotatable bonds is 4. The van der Waals surface area contributed by atoms with Crippen molar-refractivity contribution in [3.05, 3.63) is 82.3 Å². The number of anilines is 1. The molecule has 0 unspecified atom stereocenters. The average molecular weight is 481 g/mol. The number of nitrogens with zero attached hydrogens (tertiary/aromatic N) is 3. The number of benzene rings is 1. The summed E-state index contributed by atoms with van der Waals surface area (Å²) < 4.78 is 3.51. The fourth-order valence-corrected chi connectivity index (χ4v) is 5.38. The first kappa shape index (κ1) is 19.8. The van der Waals surface area contributed by atoms with Crippen molar-refractivity contribution in [1.82, 2.24) is 14.9 Å². The molecule has 1 N–H and O–H groups in total.